The minimum Gasteiger partial charge on any atom is -0.481 e. The lowest BCUT2D eigenvalue weighted by molar-refractivity contribution is -0.140. The normalized spacial score (nSPS) is 9.33. The average molecular weight is 174 g/mol. The lowest BCUT2D eigenvalue weighted by atomic mass is 10.2. The number of hydrogen-bond donors (Lipinski definition) is 2. The number of carbonyl (C=O) groups is 2. The maximum Gasteiger partial charge on any atom is 0.327 e. The lowest BCUT2D eigenvalue weighted by Crippen LogP contribution is -2.03. The first-order valence-electron chi connectivity index (χ1n) is 3.50. The van der Waals surface area contributed by atoms with Crippen LogP contribution >= 0.6 is 0 Å². The van der Waals surface area contributed by atoms with Gasteiger partial charge < -0.3 is 10.2 Å². The Bertz CT molecular complexity index is 170. The zero-order valence-electron chi connectivity index (χ0n) is 7.44. The molecule has 0 spiro atoms. The minimum absolute atomic E-state index is 0.231. The average Bonchev–Trinajstić information content (AvgIpc) is 1.87. The first-order valence-corrected chi connectivity index (χ1v) is 3.50. The van der Waals surface area contributed by atoms with Crippen molar-refractivity contribution in [3.8, 4) is 0 Å². The summed E-state index contributed by atoms with van der Waals surface area (Å²) in [5, 5.41) is 15.8. The van der Waals surface area contributed by atoms with Gasteiger partial charge in [0.2, 0.25) is 0 Å². The molecule has 0 aliphatic heterocycles. The van der Waals surface area contributed by atoms with Crippen molar-refractivity contribution in [2.45, 2.75) is 20.8 Å². The van der Waals surface area contributed by atoms with E-state index in [1.54, 1.807) is 20.8 Å². The maximum atomic E-state index is 9.70. The number of allylic oxidation sites excluding steroid dienone is 1. The van der Waals surface area contributed by atoms with E-state index in [0.29, 0.717) is 0 Å². The van der Waals surface area contributed by atoms with Crippen LogP contribution in [0.4, 0.5) is 0 Å². The molecule has 0 heterocycles. The predicted octanol–water partition coefficient (Wildman–Crippen LogP) is 1.37. The van der Waals surface area contributed by atoms with E-state index < -0.39 is 11.9 Å². The van der Waals surface area contributed by atoms with Crippen LogP contribution in [0.2, 0.25) is 0 Å². The van der Waals surface area contributed by atoms with E-state index in [1.807, 2.05) is 0 Å². The fourth-order valence-electron chi connectivity index (χ4n) is 0.143. The molecule has 4 nitrogen and oxygen atoms in total. The molecule has 0 aliphatic rings. The highest BCUT2D eigenvalue weighted by Gasteiger charge is 1.99. The van der Waals surface area contributed by atoms with E-state index in [4.69, 9.17) is 10.2 Å². The van der Waals surface area contributed by atoms with Gasteiger partial charge in [-0.25, -0.2) is 4.79 Å². The van der Waals surface area contributed by atoms with Crippen LogP contribution in [0.1, 0.15) is 20.8 Å². The monoisotopic (exact) mass is 174 g/mol. The second kappa shape index (κ2) is 7.78. The smallest absolute Gasteiger partial charge is 0.327 e. The molecule has 0 radical (unpaired) electrons. The molecule has 0 atom stereocenters. The van der Waals surface area contributed by atoms with Crippen molar-refractivity contribution >= 4 is 11.9 Å². The summed E-state index contributed by atoms with van der Waals surface area (Å²) in [6, 6.07) is 0. The van der Waals surface area contributed by atoms with Gasteiger partial charge in [0.25, 0.3) is 0 Å². The van der Waals surface area contributed by atoms with Gasteiger partial charge in [-0.1, -0.05) is 19.9 Å². The molecule has 0 aliphatic carbocycles. The summed E-state index contributed by atoms with van der Waals surface area (Å²) in [4.78, 5) is 19.2. The van der Waals surface area contributed by atoms with Crippen molar-refractivity contribution in [1.29, 1.82) is 0 Å². The van der Waals surface area contributed by atoms with Crippen LogP contribution in [0.5, 0.6) is 0 Å². The zero-order chi connectivity index (χ0) is 10.1. The highest BCUT2D eigenvalue weighted by molar-refractivity contribution is 5.79. The molecule has 0 aromatic rings. The summed E-state index contributed by atoms with van der Waals surface area (Å²) in [5.74, 6) is -1.86. The van der Waals surface area contributed by atoms with Crippen LogP contribution in [-0.2, 0) is 9.59 Å². The van der Waals surface area contributed by atoms with Crippen molar-refractivity contribution < 1.29 is 19.8 Å². The summed E-state index contributed by atoms with van der Waals surface area (Å²) < 4.78 is 0. The van der Waals surface area contributed by atoms with Crippen molar-refractivity contribution in [1.82, 2.24) is 0 Å². The number of carboxylic acid groups (broad SMARTS) is 2. The van der Waals surface area contributed by atoms with Gasteiger partial charge in [-0.3, -0.25) is 4.79 Å². The van der Waals surface area contributed by atoms with Crippen molar-refractivity contribution in [3.05, 3.63) is 12.2 Å². The molecular weight excluding hydrogens is 160 g/mol. The van der Waals surface area contributed by atoms with Crippen LogP contribution < -0.4 is 0 Å². The number of hydrogen-bond acceptors (Lipinski definition) is 2. The topological polar surface area (TPSA) is 74.6 Å². The molecule has 0 fully saturated rings. The van der Waals surface area contributed by atoms with Gasteiger partial charge in [0, 0.05) is 6.08 Å². The summed E-state index contributed by atoms with van der Waals surface area (Å²) in [6.45, 7) is 4.94. The highest BCUT2D eigenvalue weighted by Crippen LogP contribution is 1.87. The highest BCUT2D eigenvalue weighted by atomic mass is 16.4. The van der Waals surface area contributed by atoms with E-state index in [0.717, 1.165) is 6.08 Å². The Morgan fingerprint density at radius 2 is 1.58 bits per heavy atom. The molecule has 0 saturated carbocycles. The van der Waals surface area contributed by atoms with Crippen LogP contribution in [-0.4, -0.2) is 22.2 Å². The van der Waals surface area contributed by atoms with Gasteiger partial charge in [0.1, 0.15) is 0 Å². The molecule has 2 N–H and O–H groups in total. The second-order valence-electron chi connectivity index (χ2n) is 2.33. The van der Waals surface area contributed by atoms with E-state index >= 15 is 0 Å². The molecule has 70 valence electrons. The summed E-state index contributed by atoms with van der Waals surface area (Å²) in [6.07, 6.45) is 2.56. The molecule has 0 bridgehead atoms. The predicted molar refractivity (Wildman–Crippen MR) is 44.9 cm³/mol. The van der Waals surface area contributed by atoms with Crippen molar-refractivity contribution in [3.63, 3.8) is 0 Å². The van der Waals surface area contributed by atoms with Gasteiger partial charge >= 0.3 is 11.9 Å². The van der Waals surface area contributed by atoms with Gasteiger partial charge in [0.05, 0.1) is 5.92 Å². The molecule has 12 heavy (non-hydrogen) atoms. The largest absolute Gasteiger partial charge is 0.481 e. The van der Waals surface area contributed by atoms with Crippen LogP contribution in [0.25, 0.3) is 0 Å². The fraction of sp³-hybridized carbons (Fsp3) is 0.500. The third-order valence-electron chi connectivity index (χ3n) is 0.803. The Kier molecular flexibility index (Phi) is 8.62. The minimum atomic E-state index is -0.891. The van der Waals surface area contributed by atoms with Crippen LogP contribution in [0.15, 0.2) is 12.2 Å². The first kappa shape index (κ1) is 13.3. The second-order valence-corrected chi connectivity index (χ2v) is 2.33. The molecule has 0 amide bonds. The number of rotatable bonds is 2. The zero-order valence-corrected chi connectivity index (χ0v) is 7.44. The quantitative estimate of drug-likeness (QED) is 0.620. The molecule has 0 unspecified atom stereocenters. The van der Waals surface area contributed by atoms with E-state index in [1.165, 1.54) is 6.08 Å². The summed E-state index contributed by atoms with van der Waals surface area (Å²) in [7, 11) is 0. The SMILES string of the molecule is CC(C)C(=O)O.CC=CC(=O)O. The third-order valence-corrected chi connectivity index (χ3v) is 0.803. The fourth-order valence-corrected chi connectivity index (χ4v) is 0.143. The Hall–Kier alpha value is -1.32. The van der Waals surface area contributed by atoms with Gasteiger partial charge in [-0.05, 0) is 6.92 Å². The molecule has 0 rings (SSSR count). The molecule has 0 saturated heterocycles. The van der Waals surface area contributed by atoms with Gasteiger partial charge in [0.15, 0.2) is 0 Å². The first-order chi connectivity index (χ1) is 5.41. The van der Waals surface area contributed by atoms with Gasteiger partial charge in [-0.15, -0.1) is 0 Å². The third kappa shape index (κ3) is 15.9. The lowest BCUT2D eigenvalue weighted by Gasteiger charge is -1.89. The maximum absolute atomic E-state index is 9.70. The van der Waals surface area contributed by atoms with Crippen molar-refractivity contribution in [2.24, 2.45) is 5.92 Å². The Morgan fingerprint density at radius 1 is 1.25 bits per heavy atom. The van der Waals surface area contributed by atoms with E-state index in [9.17, 15) is 9.59 Å². The Morgan fingerprint density at radius 3 is 1.58 bits per heavy atom. The molecule has 4 heteroatoms. The van der Waals surface area contributed by atoms with Crippen LogP contribution in [0.3, 0.4) is 0 Å². The Labute approximate surface area is 71.5 Å². The standard InChI is InChI=1S/C4H8O2.C4H6O2/c1-3(2)4(5)6;1-2-3-4(5)6/h3H,1-2H3,(H,5,6);2-3H,1H3,(H,5,6). The Balaban J connectivity index is 0. The van der Waals surface area contributed by atoms with E-state index in [-0.39, 0.29) is 5.92 Å². The molecule has 0 aromatic heterocycles. The van der Waals surface area contributed by atoms with E-state index in [2.05, 4.69) is 0 Å². The summed E-state index contributed by atoms with van der Waals surface area (Å²) >= 11 is 0. The number of aliphatic carboxylic acids is 2. The van der Waals surface area contributed by atoms with Gasteiger partial charge in [-0.2, -0.15) is 0 Å². The molecule has 0 aromatic carbocycles. The molecular formula is C8H14O4. The number of carboxylic acids is 2. The van der Waals surface area contributed by atoms with Crippen molar-refractivity contribution in [2.75, 3.05) is 0 Å². The summed E-state index contributed by atoms with van der Waals surface area (Å²) in [5.41, 5.74) is 0. The van der Waals surface area contributed by atoms with Crippen LogP contribution in [0, 0.1) is 5.92 Å².